The van der Waals surface area contributed by atoms with Crippen LogP contribution in [0.1, 0.15) is 5.56 Å². The van der Waals surface area contributed by atoms with Gasteiger partial charge in [0, 0.05) is 17.4 Å². The van der Waals surface area contributed by atoms with Gasteiger partial charge in [0.25, 0.3) is 5.91 Å². The Kier molecular flexibility index (Phi) is 7.68. The second-order valence-electron chi connectivity index (χ2n) is 7.34. The Morgan fingerprint density at radius 3 is 2.18 bits per heavy atom. The highest BCUT2D eigenvalue weighted by Gasteiger charge is 2.22. The minimum absolute atomic E-state index is 0.207. The molecule has 0 atom stereocenters. The van der Waals surface area contributed by atoms with Crippen LogP contribution < -0.4 is 19.7 Å². The number of hydrogen-bond donors (Lipinski definition) is 2. The molecule has 0 fully saturated rings. The van der Waals surface area contributed by atoms with Crippen LogP contribution in [0, 0.1) is 6.92 Å². The molecule has 0 aliphatic rings. The third-order valence-electron chi connectivity index (χ3n) is 4.62. The number of carbonyl (C=O) groups excluding carboxylic acids is 2. The van der Waals surface area contributed by atoms with Crippen LogP contribution in [0.4, 0.5) is 17.1 Å². The molecule has 8 nitrogen and oxygen atoms in total. The lowest BCUT2D eigenvalue weighted by Crippen LogP contribution is -2.37. The molecular weight excluding hydrogens is 442 g/mol. The second-order valence-corrected chi connectivity index (χ2v) is 9.24. The normalized spacial score (nSPS) is 10.8. The van der Waals surface area contributed by atoms with E-state index < -0.39 is 15.9 Å². The fourth-order valence-corrected chi connectivity index (χ4v) is 4.00. The standard InChI is InChI=1S/C24H25N3O5S/c1-18-9-6-7-14-22(18)27(33(2,30)31)16-23(28)26-20-12-8-13-21(15-20)32-17-24(29)25-19-10-4-3-5-11-19/h3-15H,16-17H2,1-2H3,(H,25,29)(H,26,28). The van der Waals surface area contributed by atoms with Crippen molar-refractivity contribution in [1.82, 2.24) is 0 Å². The summed E-state index contributed by atoms with van der Waals surface area (Å²) in [7, 11) is -3.68. The number of anilines is 3. The first-order chi connectivity index (χ1) is 15.7. The zero-order valence-electron chi connectivity index (χ0n) is 18.3. The van der Waals surface area contributed by atoms with E-state index in [4.69, 9.17) is 4.74 Å². The molecule has 0 aliphatic heterocycles. The predicted molar refractivity (Wildman–Crippen MR) is 129 cm³/mol. The molecule has 172 valence electrons. The van der Waals surface area contributed by atoms with Crippen molar-refractivity contribution in [3.05, 3.63) is 84.4 Å². The van der Waals surface area contributed by atoms with E-state index >= 15 is 0 Å². The van der Waals surface area contributed by atoms with Crippen LogP contribution in [0.15, 0.2) is 78.9 Å². The number of hydrogen-bond acceptors (Lipinski definition) is 5. The van der Waals surface area contributed by atoms with Crippen LogP contribution in [0.5, 0.6) is 5.75 Å². The molecule has 2 N–H and O–H groups in total. The summed E-state index contributed by atoms with van der Waals surface area (Å²) in [5.74, 6) is -0.449. The SMILES string of the molecule is Cc1ccccc1N(CC(=O)Nc1cccc(OCC(=O)Nc2ccccc2)c1)S(C)(=O)=O. The van der Waals surface area contributed by atoms with Crippen molar-refractivity contribution >= 4 is 38.9 Å². The highest BCUT2D eigenvalue weighted by atomic mass is 32.2. The number of ether oxygens (including phenoxy) is 1. The summed E-state index contributed by atoms with van der Waals surface area (Å²) in [5.41, 5.74) is 2.26. The molecule has 0 aromatic heterocycles. The number of para-hydroxylation sites is 2. The summed E-state index contributed by atoms with van der Waals surface area (Å²) in [6.07, 6.45) is 1.06. The molecule has 0 unspecified atom stereocenters. The first-order valence-corrected chi connectivity index (χ1v) is 12.0. The smallest absolute Gasteiger partial charge is 0.262 e. The molecule has 0 aliphatic carbocycles. The molecule has 2 amide bonds. The monoisotopic (exact) mass is 467 g/mol. The lowest BCUT2D eigenvalue weighted by molar-refractivity contribution is -0.118. The van der Waals surface area contributed by atoms with Crippen LogP contribution >= 0.6 is 0 Å². The van der Waals surface area contributed by atoms with Gasteiger partial charge < -0.3 is 15.4 Å². The number of amides is 2. The predicted octanol–water partition coefficient (Wildman–Crippen LogP) is 3.42. The average Bonchev–Trinajstić information content (AvgIpc) is 2.77. The van der Waals surface area contributed by atoms with Gasteiger partial charge in [-0.1, -0.05) is 42.5 Å². The van der Waals surface area contributed by atoms with Gasteiger partial charge in [-0.3, -0.25) is 13.9 Å². The van der Waals surface area contributed by atoms with Crippen LogP contribution in [0.3, 0.4) is 0 Å². The maximum absolute atomic E-state index is 12.6. The van der Waals surface area contributed by atoms with Gasteiger partial charge in [-0.25, -0.2) is 8.42 Å². The zero-order chi connectivity index (χ0) is 23.8. The zero-order valence-corrected chi connectivity index (χ0v) is 19.1. The summed E-state index contributed by atoms with van der Waals surface area (Å²) in [4.78, 5) is 24.7. The van der Waals surface area contributed by atoms with E-state index in [0.29, 0.717) is 22.8 Å². The minimum atomic E-state index is -3.68. The fraction of sp³-hybridized carbons (Fsp3) is 0.167. The Bertz CT molecular complexity index is 1230. The van der Waals surface area contributed by atoms with E-state index in [1.54, 1.807) is 67.6 Å². The number of nitrogens with one attached hydrogen (secondary N) is 2. The molecular formula is C24H25N3O5S. The van der Waals surface area contributed by atoms with Crippen LogP contribution in [0.2, 0.25) is 0 Å². The van der Waals surface area contributed by atoms with E-state index in [9.17, 15) is 18.0 Å². The number of rotatable bonds is 9. The summed E-state index contributed by atoms with van der Waals surface area (Å²) in [5, 5.41) is 5.39. The van der Waals surface area contributed by atoms with Gasteiger partial charge in [0.2, 0.25) is 15.9 Å². The molecule has 0 saturated heterocycles. The molecule has 0 bridgehead atoms. The van der Waals surface area contributed by atoms with Crippen molar-refractivity contribution in [1.29, 1.82) is 0 Å². The first kappa shape index (κ1) is 23.8. The van der Waals surface area contributed by atoms with Crippen molar-refractivity contribution in [2.45, 2.75) is 6.92 Å². The lowest BCUT2D eigenvalue weighted by atomic mass is 10.2. The fourth-order valence-electron chi connectivity index (χ4n) is 3.09. The number of nitrogens with zero attached hydrogens (tertiary/aromatic N) is 1. The van der Waals surface area contributed by atoms with Gasteiger partial charge in [-0.05, 0) is 42.8 Å². The topological polar surface area (TPSA) is 105 Å². The third kappa shape index (κ3) is 7.08. The molecule has 3 aromatic carbocycles. The summed E-state index contributed by atoms with van der Waals surface area (Å²) in [6, 6.07) is 22.5. The molecule has 0 heterocycles. The van der Waals surface area contributed by atoms with Crippen molar-refractivity contribution < 1.29 is 22.7 Å². The van der Waals surface area contributed by atoms with Crippen molar-refractivity contribution in [3.63, 3.8) is 0 Å². The maximum Gasteiger partial charge on any atom is 0.262 e. The Morgan fingerprint density at radius 2 is 1.48 bits per heavy atom. The van der Waals surface area contributed by atoms with Gasteiger partial charge in [-0.2, -0.15) is 0 Å². The minimum Gasteiger partial charge on any atom is -0.484 e. The summed E-state index contributed by atoms with van der Waals surface area (Å²) < 4.78 is 31.2. The summed E-state index contributed by atoms with van der Waals surface area (Å²) >= 11 is 0. The average molecular weight is 468 g/mol. The lowest BCUT2D eigenvalue weighted by Gasteiger charge is -2.23. The van der Waals surface area contributed by atoms with Gasteiger partial charge >= 0.3 is 0 Å². The maximum atomic E-state index is 12.6. The van der Waals surface area contributed by atoms with Crippen LogP contribution in [-0.2, 0) is 19.6 Å². The van der Waals surface area contributed by atoms with Crippen LogP contribution in [0.25, 0.3) is 0 Å². The van der Waals surface area contributed by atoms with E-state index in [1.807, 2.05) is 18.2 Å². The molecule has 0 saturated carbocycles. The first-order valence-electron chi connectivity index (χ1n) is 10.1. The molecule has 9 heteroatoms. The quantitative estimate of drug-likeness (QED) is 0.502. The molecule has 0 radical (unpaired) electrons. The van der Waals surface area contributed by atoms with E-state index in [0.717, 1.165) is 16.1 Å². The van der Waals surface area contributed by atoms with Crippen molar-refractivity contribution in [3.8, 4) is 5.75 Å². The van der Waals surface area contributed by atoms with Gasteiger partial charge in [-0.15, -0.1) is 0 Å². The molecule has 3 aromatic rings. The molecule has 0 spiro atoms. The van der Waals surface area contributed by atoms with E-state index in [-0.39, 0.29) is 19.1 Å². The van der Waals surface area contributed by atoms with E-state index in [2.05, 4.69) is 10.6 Å². The third-order valence-corrected chi connectivity index (χ3v) is 5.74. The van der Waals surface area contributed by atoms with Crippen molar-refractivity contribution in [2.75, 3.05) is 34.3 Å². The van der Waals surface area contributed by atoms with Gasteiger partial charge in [0.1, 0.15) is 12.3 Å². The molecule has 3 rings (SSSR count). The van der Waals surface area contributed by atoms with Crippen molar-refractivity contribution in [2.24, 2.45) is 0 Å². The number of benzene rings is 3. The number of sulfonamides is 1. The van der Waals surface area contributed by atoms with Gasteiger partial charge in [0.05, 0.1) is 11.9 Å². The highest BCUT2D eigenvalue weighted by Crippen LogP contribution is 2.22. The Labute approximate surface area is 193 Å². The van der Waals surface area contributed by atoms with Crippen LogP contribution in [-0.4, -0.2) is 39.6 Å². The highest BCUT2D eigenvalue weighted by molar-refractivity contribution is 7.92. The number of carbonyl (C=O) groups is 2. The second kappa shape index (κ2) is 10.6. The number of aryl methyl sites for hydroxylation is 1. The van der Waals surface area contributed by atoms with E-state index in [1.165, 1.54) is 0 Å². The van der Waals surface area contributed by atoms with Gasteiger partial charge in [0.15, 0.2) is 6.61 Å². The Hall–Kier alpha value is -3.85. The Morgan fingerprint density at radius 1 is 0.848 bits per heavy atom. The summed E-state index contributed by atoms with van der Waals surface area (Å²) in [6.45, 7) is 1.19. The largest absolute Gasteiger partial charge is 0.484 e. The Balaban J connectivity index is 1.61. The molecule has 33 heavy (non-hydrogen) atoms.